The second-order valence-corrected chi connectivity index (χ2v) is 3.66. The number of nitrogens with zero attached hydrogens (tertiary/aromatic N) is 3. The van der Waals surface area contributed by atoms with Crippen LogP contribution in [-0.4, -0.2) is 14.8 Å². The summed E-state index contributed by atoms with van der Waals surface area (Å²) in [5, 5.41) is 8.15. The zero-order valence-electron chi connectivity index (χ0n) is 9.14. The van der Waals surface area contributed by atoms with Crippen LogP contribution >= 0.6 is 0 Å². The van der Waals surface area contributed by atoms with Gasteiger partial charge >= 0.3 is 0 Å². The summed E-state index contributed by atoms with van der Waals surface area (Å²) in [4.78, 5) is 0. The van der Waals surface area contributed by atoms with E-state index in [-0.39, 0.29) is 0 Å². The molecule has 0 saturated carbocycles. The molecule has 15 heavy (non-hydrogen) atoms. The van der Waals surface area contributed by atoms with E-state index in [1.807, 2.05) is 12.1 Å². The van der Waals surface area contributed by atoms with Gasteiger partial charge in [-0.15, -0.1) is 10.2 Å². The standard InChI is InChI=1S/C12H15N3/c1-3-8-15-9-13-14-12(15)11-7-5-4-6-10(11)2/h4-7,9H,3,8H2,1-2H3. The highest BCUT2D eigenvalue weighted by atomic mass is 15.3. The Morgan fingerprint density at radius 2 is 2.07 bits per heavy atom. The van der Waals surface area contributed by atoms with E-state index in [0.717, 1.165) is 18.8 Å². The first-order chi connectivity index (χ1) is 7.33. The van der Waals surface area contributed by atoms with Gasteiger partial charge in [0.15, 0.2) is 5.82 Å². The van der Waals surface area contributed by atoms with Crippen LogP contribution in [0.5, 0.6) is 0 Å². The Morgan fingerprint density at radius 3 is 2.80 bits per heavy atom. The van der Waals surface area contributed by atoms with Gasteiger partial charge in [-0.1, -0.05) is 31.2 Å². The Kier molecular flexibility index (Phi) is 2.81. The van der Waals surface area contributed by atoms with Crippen LogP contribution in [-0.2, 0) is 6.54 Å². The minimum Gasteiger partial charge on any atom is -0.314 e. The smallest absolute Gasteiger partial charge is 0.164 e. The summed E-state index contributed by atoms with van der Waals surface area (Å²) < 4.78 is 2.10. The first-order valence-corrected chi connectivity index (χ1v) is 5.26. The van der Waals surface area contributed by atoms with E-state index in [9.17, 15) is 0 Å². The van der Waals surface area contributed by atoms with Crippen LogP contribution in [0.1, 0.15) is 18.9 Å². The molecule has 1 aromatic heterocycles. The minimum absolute atomic E-state index is 0.968. The fourth-order valence-corrected chi connectivity index (χ4v) is 1.69. The van der Waals surface area contributed by atoms with Crippen LogP contribution in [0.3, 0.4) is 0 Å². The predicted molar refractivity (Wildman–Crippen MR) is 60.5 cm³/mol. The van der Waals surface area contributed by atoms with Gasteiger partial charge in [0, 0.05) is 12.1 Å². The SMILES string of the molecule is CCCn1cnnc1-c1ccccc1C. The summed E-state index contributed by atoms with van der Waals surface area (Å²) in [6.07, 6.45) is 2.89. The quantitative estimate of drug-likeness (QED) is 0.764. The average molecular weight is 201 g/mol. The van der Waals surface area contributed by atoms with E-state index in [2.05, 4.69) is 40.7 Å². The first-order valence-electron chi connectivity index (χ1n) is 5.26. The van der Waals surface area contributed by atoms with E-state index in [1.54, 1.807) is 6.33 Å². The first kappa shape index (κ1) is 9.90. The van der Waals surface area contributed by atoms with Gasteiger partial charge in [-0.25, -0.2) is 0 Å². The summed E-state index contributed by atoms with van der Waals surface area (Å²) in [5.74, 6) is 0.968. The molecule has 1 heterocycles. The normalized spacial score (nSPS) is 10.5. The Bertz CT molecular complexity index is 446. The van der Waals surface area contributed by atoms with Crippen molar-refractivity contribution in [3.63, 3.8) is 0 Å². The highest BCUT2D eigenvalue weighted by molar-refractivity contribution is 5.59. The third-order valence-electron chi connectivity index (χ3n) is 2.47. The molecule has 2 aromatic rings. The summed E-state index contributed by atoms with van der Waals surface area (Å²) in [7, 11) is 0. The lowest BCUT2D eigenvalue weighted by molar-refractivity contribution is 0.682. The van der Waals surface area contributed by atoms with Crippen molar-refractivity contribution >= 4 is 0 Å². The molecule has 0 saturated heterocycles. The van der Waals surface area contributed by atoms with Crippen molar-refractivity contribution in [2.24, 2.45) is 0 Å². The topological polar surface area (TPSA) is 30.7 Å². The molecule has 0 fully saturated rings. The maximum atomic E-state index is 4.18. The van der Waals surface area contributed by atoms with Crippen molar-refractivity contribution < 1.29 is 0 Å². The molecular weight excluding hydrogens is 186 g/mol. The molecule has 0 N–H and O–H groups in total. The van der Waals surface area contributed by atoms with Crippen molar-refractivity contribution in [2.75, 3.05) is 0 Å². The molecule has 1 aromatic carbocycles. The van der Waals surface area contributed by atoms with Gasteiger partial charge in [-0.2, -0.15) is 0 Å². The van der Waals surface area contributed by atoms with Crippen LogP contribution in [0.15, 0.2) is 30.6 Å². The van der Waals surface area contributed by atoms with E-state index in [0.29, 0.717) is 0 Å². The number of rotatable bonds is 3. The van der Waals surface area contributed by atoms with E-state index < -0.39 is 0 Å². The number of aryl methyl sites for hydroxylation is 2. The van der Waals surface area contributed by atoms with Crippen LogP contribution < -0.4 is 0 Å². The van der Waals surface area contributed by atoms with Gasteiger partial charge in [0.2, 0.25) is 0 Å². The van der Waals surface area contributed by atoms with Crippen molar-refractivity contribution in [1.82, 2.24) is 14.8 Å². The molecular formula is C12H15N3. The molecule has 0 aliphatic heterocycles. The highest BCUT2D eigenvalue weighted by Crippen LogP contribution is 2.20. The molecule has 3 heteroatoms. The van der Waals surface area contributed by atoms with Crippen LogP contribution in [0.2, 0.25) is 0 Å². The van der Waals surface area contributed by atoms with Gasteiger partial charge in [-0.3, -0.25) is 0 Å². The van der Waals surface area contributed by atoms with Gasteiger partial charge < -0.3 is 4.57 Å². The molecule has 0 unspecified atom stereocenters. The van der Waals surface area contributed by atoms with E-state index in [4.69, 9.17) is 0 Å². The molecule has 0 atom stereocenters. The molecule has 0 amide bonds. The zero-order chi connectivity index (χ0) is 10.7. The maximum absolute atomic E-state index is 4.18. The maximum Gasteiger partial charge on any atom is 0.164 e. The number of hydrogen-bond acceptors (Lipinski definition) is 2. The average Bonchev–Trinajstić information content (AvgIpc) is 2.67. The molecule has 0 aliphatic rings. The van der Waals surface area contributed by atoms with Crippen LogP contribution in [0.4, 0.5) is 0 Å². The van der Waals surface area contributed by atoms with Crippen molar-refractivity contribution in [1.29, 1.82) is 0 Å². The summed E-state index contributed by atoms with van der Waals surface area (Å²) >= 11 is 0. The Balaban J connectivity index is 2.45. The molecule has 0 aliphatic carbocycles. The highest BCUT2D eigenvalue weighted by Gasteiger charge is 2.07. The summed E-state index contributed by atoms with van der Waals surface area (Å²) in [5.41, 5.74) is 2.41. The number of benzene rings is 1. The number of aromatic nitrogens is 3. The third-order valence-corrected chi connectivity index (χ3v) is 2.47. The monoisotopic (exact) mass is 201 g/mol. The summed E-state index contributed by atoms with van der Waals surface area (Å²) in [6, 6.07) is 8.26. The van der Waals surface area contributed by atoms with E-state index >= 15 is 0 Å². The fraction of sp³-hybridized carbons (Fsp3) is 0.333. The molecule has 0 radical (unpaired) electrons. The lowest BCUT2D eigenvalue weighted by Crippen LogP contribution is -1.99. The van der Waals surface area contributed by atoms with Gasteiger partial charge in [0.25, 0.3) is 0 Å². The van der Waals surface area contributed by atoms with E-state index in [1.165, 1.54) is 11.1 Å². The van der Waals surface area contributed by atoms with Gasteiger partial charge in [-0.05, 0) is 18.9 Å². The third kappa shape index (κ3) is 1.91. The molecule has 2 rings (SSSR count). The predicted octanol–water partition coefficient (Wildman–Crippen LogP) is 2.66. The zero-order valence-corrected chi connectivity index (χ0v) is 9.14. The second kappa shape index (κ2) is 4.26. The Morgan fingerprint density at radius 1 is 1.27 bits per heavy atom. The molecule has 0 bridgehead atoms. The largest absolute Gasteiger partial charge is 0.314 e. The molecule has 3 nitrogen and oxygen atoms in total. The molecule has 78 valence electrons. The van der Waals surface area contributed by atoms with Crippen molar-refractivity contribution in [2.45, 2.75) is 26.8 Å². The summed E-state index contributed by atoms with van der Waals surface area (Å²) in [6.45, 7) is 5.22. The van der Waals surface area contributed by atoms with Crippen molar-refractivity contribution in [3.8, 4) is 11.4 Å². The minimum atomic E-state index is 0.968. The van der Waals surface area contributed by atoms with Gasteiger partial charge in [0.1, 0.15) is 6.33 Å². The van der Waals surface area contributed by atoms with Gasteiger partial charge in [0.05, 0.1) is 0 Å². The number of hydrogen-bond donors (Lipinski definition) is 0. The second-order valence-electron chi connectivity index (χ2n) is 3.66. The molecule has 0 spiro atoms. The fourth-order valence-electron chi connectivity index (χ4n) is 1.69. The van der Waals surface area contributed by atoms with Crippen LogP contribution in [0.25, 0.3) is 11.4 Å². The lowest BCUT2D eigenvalue weighted by atomic mass is 10.1. The Labute approximate surface area is 89.8 Å². The van der Waals surface area contributed by atoms with Crippen LogP contribution in [0, 0.1) is 6.92 Å². The Hall–Kier alpha value is -1.64. The van der Waals surface area contributed by atoms with Crippen molar-refractivity contribution in [3.05, 3.63) is 36.2 Å². The lowest BCUT2D eigenvalue weighted by Gasteiger charge is -2.06.